The van der Waals surface area contributed by atoms with Crippen molar-refractivity contribution in [3.63, 3.8) is 0 Å². The molecule has 1 atom stereocenters. The molecule has 0 saturated carbocycles. The average Bonchev–Trinajstić information content (AvgIpc) is 2.79. The summed E-state index contributed by atoms with van der Waals surface area (Å²) in [5.74, 6) is -0.298. The van der Waals surface area contributed by atoms with E-state index in [2.05, 4.69) is 5.32 Å². The van der Waals surface area contributed by atoms with Gasteiger partial charge in [-0.3, -0.25) is 4.79 Å². The fourth-order valence-corrected chi connectivity index (χ4v) is 3.63. The number of nitrogens with one attached hydrogen (secondary N) is 1. The summed E-state index contributed by atoms with van der Waals surface area (Å²) < 4.78 is 27.4. The van der Waals surface area contributed by atoms with E-state index in [0.29, 0.717) is 12.2 Å². The Morgan fingerprint density at radius 2 is 2.33 bits per heavy atom. The molecule has 1 aliphatic rings. The van der Waals surface area contributed by atoms with Crippen LogP contribution >= 0.6 is 22.0 Å². The third-order valence-electron chi connectivity index (χ3n) is 2.57. The van der Waals surface area contributed by atoms with E-state index in [4.69, 9.17) is 15.4 Å². The first-order chi connectivity index (χ1) is 8.47. The molecule has 1 aromatic heterocycles. The standard InChI is InChI=1S/C10H12ClNO4S2/c11-18(14,15)9-4-7(6-17-9)10(13)12-8-2-1-3-16-5-8/h4,6,8H,1-3,5H2,(H,12,13). The van der Waals surface area contributed by atoms with Crippen LogP contribution in [0.5, 0.6) is 0 Å². The second-order valence-electron chi connectivity index (χ2n) is 3.98. The molecule has 0 aliphatic carbocycles. The molecule has 0 spiro atoms. The van der Waals surface area contributed by atoms with Crippen molar-refractivity contribution in [2.75, 3.05) is 13.2 Å². The van der Waals surface area contributed by atoms with Gasteiger partial charge in [0.05, 0.1) is 18.2 Å². The third-order valence-corrected chi connectivity index (χ3v) is 5.61. The van der Waals surface area contributed by atoms with Gasteiger partial charge in [-0.05, 0) is 18.9 Å². The first-order valence-corrected chi connectivity index (χ1v) is 8.57. The van der Waals surface area contributed by atoms with Gasteiger partial charge in [-0.1, -0.05) is 0 Å². The van der Waals surface area contributed by atoms with Gasteiger partial charge in [0.2, 0.25) is 0 Å². The topological polar surface area (TPSA) is 72.5 Å². The van der Waals surface area contributed by atoms with Crippen molar-refractivity contribution in [2.45, 2.75) is 23.1 Å². The monoisotopic (exact) mass is 309 g/mol. The van der Waals surface area contributed by atoms with Gasteiger partial charge in [0.1, 0.15) is 4.21 Å². The van der Waals surface area contributed by atoms with Crippen LogP contribution in [-0.4, -0.2) is 33.6 Å². The zero-order valence-electron chi connectivity index (χ0n) is 9.39. The maximum atomic E-state index is 11.9. The Labute approximate surface area is 114 Å². The summed E-state index contributed by atoms with van der Waals surface area (Å²) in [4.78, 5) is 11.9. The molecule has 1 aromatic rings. The van der Waals surface area contributed by atoms with Gasteiger partial charge in [-0.25, -0.2) is 8.42 Å². The maximum Gasteiger partial charge on any atom is 0.270 e. The van der Waals surface area contributed by atoms with Gasteiger partial charge in [-0.2, -0.15) is 0 Å². The first-order valence-electron chi connectivity index (χ1n) is 5.38. The Kier molecular flexibility index (Phi) is 4.26. The number of carbonyl (C=O) groups excluding carboxylic acids is 1. The van der Waals surface area contributed by atoms with Crippen molar-refractivity contribution in [2.24, 2.45) is 0 Å². The molecule has 2 heterocycles. The number of rotatable bonds is 3. The van der Waals surface area contributed by atoms with Gasteiger partial charge in [-0.15, -0.1) is 11.3 Å². The summed E-state index contributed by atoms with van der Waals surface area (Å²) in [5.41, 5.74) is 0.310. The minimum Gasteiger partial charge on any atom is -0.379 e. The third kappa shape index (κ3) is 3.44. The van der Waals surface area contributed by atoms with Gasteiger partial charge in [0.15, 0.2) is 0 Å². The van der Waals surface area contributed by atoms with Crippen LogP contribution in [0.1, 0.15) is 23.2 Å². The predicted octanol–water partition coefficient (Wildman–Crippen LogP) is 1.58. The van der Waals surface area contributed by atoms with Crippen LogP contribution in [0.3, 0.4) is 0 Å². The van der Waals surface area contributed by atoms with Gasteiger partial charge >= 0.3 is 0 Å². The highest BCUT2D eigenvalue weighted by Gasteiger charge is 2.20. The molecule has 1 saturated heterocycles. The zero-order valence-corrected chi connectivity index (χ0v) is 11.8. The fourth-order valence-electron chi connectivity index (χ4n) is 1.69. The van der Waals surface area contributed by atoms with Crippen LogP contribution in [0, 0.1) is 0 Å². The van der Waals surface area contributed by atoms with Crippen molar-refractivity contribution in [1.82, 2.24) is 5.32 Å². The van der Waals surface area contributed by atoms with E-state index < -0.39 is 9.05 Å². The molecule has 8 heteroatoms. The normalized spacial score (nSPS) is 20.6. The van der Waals surface area contributed by atoms with E-state index >= 15 is 0 Å². The molecule has 1 unspecified atom stereocenters. The number of thiophene rings is 1. The van der Waals surface area contributed by atoms with Crippen molar-refractivity contribution in [1.29, 1.82) is 0 Å². The lowest BCUT2D eigenvalue weighted by Gasteiger charge is -2.22. The summed E-state index contributed by atoms with van der Waals surface area (Å²) in [6.45, 7) is 1.22. The molecular weight excluding hydrogens is 298 g/mol. The van der Waals surface area contributed by atoms with Crippen molar-refractivity contribution in [3.8, 4) is 0 Å². The molecule has 1 aliphatic heterocycles. The van der Waals surface area contributed by atoms with E-state index in [1.807, 2.05) is 0 Å². The second kappa shape index (κ2) is 5.56. The Bertz CT molecular complexity index is 534. The zero-order chi connectivity index (χ0) is 13.2. The summed E-state index contributed by atoms with van der Waals surface area (Å²) >= 11 is 0.935. The second-order valence-corrected chi connectivity index (χ2v) is 7.68. The van der Waals surface area contributed by atoms with Crippen LogP contribution in [-0.2, 0) is 13.8 Å². The van der Waals surface area contributed by atoms with E-state index in [9.17, 15) is 13.2 Å². The Morgan fingerprint density at radius 1 is 1.56 bits per heavy atom. The lowest BCUT2D eigenvalue weighted by Crippen LogP contribution is -2.40. The summed E-state index contributed by atoms with van der Waals surface area (Å²) in [7, 11) is 1.44. The van der Waals surface area contributed by atoms with Crippen LogP contribution in [0.15, 0.2) is 15.7 Å². The molecule has 18 heavy (non-hydrogen) atoms. The van der Waals surface area contributed by atoms with E-state index in [1.165, 1.54) is 11.4 Å². The molecule has 2 rings (SSSR count). The average molecular weight is 310 g/mol. The highest BCUT2D eigenvalue weighted by Crippen LogP contribution is 2.23. The van der Waals surface area contributed by atoms with Crippen LogP contribution in [0.4, 0.5) is 0 Å². The SMILES string of the molecule is O=C(NC1CCCOC1)c1csc(S(=O)(=O)Cl)c1. The molecule has 1 amide bonds. The van der Waals surface area contributed by atoms with Crippen molar-refractivity contribution >= 4 is 37.0 Å². The van der Waals surface area contributed by atoms with E-state index in [1.54, 1.807) is 0 Å². The van der Waals surface area contributed by atoms with Crippen LogP contribution < -0.4 is 5.32 Å². The number of halogens is 1. The van der Waals surface area contributed by atoms with E-state index in [-0.39, 0.29) is 16.2 Å². The number of hydrogen-bond donors (Lipinski definition) is 1. The summed E-state index contributed by atoms with van der Waals surface area (Å²) in [6.07, 6.45) is 1.78. The molecule has 1 fully saturated rings. The van der Waals surface area contributed by atoms with Crippen molar-refractivity contribution < 1.29 is 17.9 Å². The predicted molar refractivity (Wildman–Crippen MR) is 68.7 cm³/mol. The smallest absolute Gasteiger partial charge is 0.270 e. The Hall–Kier alpha value is -0.630. The quantitative estimate of drug-likeness (QED) is 0.861. The molecule has 100 valence electrons. The highest BCUT2D eigenvalue weighted by molar-refractivity contribution is 8.15. The minimum atomic E-state index is -3.76. The number of ether oxygens (including phenoxy) is 1. The largest absolute Gasteiger partial charge is 0.379 e. The molecule has 0 radical (unpaired) electrons. The number of hydrogen-bond acceptors (Lipinski definition) is 5. The van der Waals surface area contributed by atoms with E-state index in [0.717, 1.165) is 30.8 Å². The molecule has 0 aromatic carbocycles. The Morgan fingerprint density at radius 3 is 2.89 bits per heavy atom. The molecular formula is C10H12ClNO4S2. The highest BCUT2D eigenvalue weighted by atomic mass is 35.7. The fraction of sp³-hybridized carbons (Fsp3) is 0.500. The summed E-state index contributed by atoms with van der Waals surface area (Å²) in [5, 5.41) is 4.29. The van der Waals surface area contributed by atoms with Gasteiger partial charge < -0.3 is 10.1 Å². The number of carbonyl (C=O) groups is 1. The lowest BCUT2D eigenvalue weighted by molar-refractivity contribution is 0.0624. The first kappa shape index (κ1) is 13.8. The maximum absolute atomic E-state index is 11.9. The summed E-state index contributed by atoms with van der Waals surface area (Å²) in [6, 6.07) is 1.27. The van der Waals surface area contributed by atoms with Gasteiger partial charge in [0.25, 0.3) is 15.0 Å². The lowest BCUT2D eigenvalue weighted by atomic mass is 10.1. The molecule has 0 bridgehead atoms. The Balaban J connectivity index is 2.02. The minimum absolute atomic E-state index is 0.0118. The van der Waals surface area contributed by atoms with Crippen LogP contribution in [0.25, 0.3) is 0 Å². The number of amides is 1. The van der Waals surface area contributed by atoms with Crippen LogP contribution in [0.2, 0.25) is 0 Å². The molecule has 1 N–H and O–H groups in total. The molecule has 5 nitrogen and oxygen atoms in total. The van der Waals surface area contributed by atoms with Crippen molar-refractivity contribution in [3.05, 3.63) is 17.0 Å². The van der Waals surface area contributed by atoms with Gasteiger partial charge in [0, 0.05) is 22.7 Å².